The van der Waals surface area contributed by atoms with Gasteiger partial charge in [-0.05, 0) is 33.4 Å². The van der Waals surface area contributed by atoms with E-state index in [0.29, 0.717) is 0 Å². The van der Waals surface area contributed by atoms with Gasteiger partial charge in [-0.15, -0.1) is 0 Å². The van der Waals surface area contributed by atoms with Gasteiger partial charge in [-0.25, -0.2) is 0 Å². The Hall–Kier alpha value is -0.0800. The first-order chi connectivity index (χ1) is 6.58. The van der Waals surface area contributed by atoms with Crippen LogP contribution in [0.15, 0.2) is 0 Å². The van der Waals surface area contributed by atoms with Crippen LogP contribution in [0, 0.1) is 5.92 Å². The van der Waals surface area contributed by atoms with Gasteiger partial charge in [0.2, 0.25) is 0 Å². The van der Waals surface area contributed by atoms with Crippen LogP contribution in [0.1, 0.15) is 45.4 Å². The molecule has 0 aliphatic heterocycles. The summed E-state index contributed by atoms with van der Waals surface area (Å²) in [4.78, 5) is 2.29. The molecule has 0 aromatic rings. The summed E-state index contributed by atoms with van der Waals surface area (Å²) in [5, 5.41) is 0. The van der Waals surface area contributed by atoms with Crippen LogP contribution in [0.5, 0.6) is 0 Å². The molecule has 2 nitrogen and oxygen atoms in total. The molecule has 0 aromatic carbocycles. The van der Waals surface area contributed by atoms with Gasteiger partial charge in [0.25, 0.3) is 0 Å². The van der Waals surface area contributed by atoms with Gasteiger partial charge >= 0.3 is 0 Å². The summed E-state index contributed by atoms with van der Waals surface area (Å²) >= 11 is 0. The Balaban J connectivity index is 2.46. The molecule has 84 valence electrons. The number of hydrogen-bond donors (Lipinski definition) is 1. The average molecular weight is 198 g/mol. The first kappa shape index (κ1) is 12.0. The van der Waals surface area contributed by atoms with Crippen molar-refractivity contribution in [1.29, 1.82) is 0 Å². The maximum absolute atomic E-state index is 5.88. The minimum atomic E-state index is 0.210. The maximum Gasteiger partial charge on any atom is 0.0300 e. The van der Waals surface area contributed by atoms with Crippen LogP contribution in [0.4, 0.5) is 0 Å². The summed E-state index contributed by atoms with van der Waals surface area (Å²) in [6.45, 7) is 3.07. The van der Waals surface area contributed by atoms with E-state index in [1.54, 1.807) is 0 Å². The Morgan fingerprint density at radius 1 is 1.21 bits per heavy atom. The molecule has 0 spiro atoms. The zero-order valence-electron chi connectivity index (χ0n) is 10.1. The minimum absolute atomic E-state index is 0.210. The van der Waals surface area contributed by atoms with E-state index in [1.165, 1.54) is 38.5 Å². The molecule has 1 aliphatic carbocycles. The molecule has 1 aliphatic rings. The summed E-state index contributed by atoms with van der Waals surface area (Å²) in [7, 11) is 4.30. The van der Waals surface area contributed by atoms with Crippen molar-refractivity contribution >= 4 is 0 Å². The number of likely N-dealkylation sites (N-methyl/N-ethyl adjacent to an activating group) is 1. The van der Waals surface area contributed by atoms with Gasteiger partial charge in [0, 0.05) is 12.1 Å². The number of nitrogens with two attached hydrogens (primary N) is 1. The van der Waals surface area contributed by atoms with Crippen molar-refractivity contribution in [3.8, 4) is 0 Å². The van der Waals surface area contributed by atoms with Gasteiger partial charge in [-0.1, -0.05) is 32.1 Å². The third kappa shape index (κ3) is 2.96. The molecule has 1 atom stereocenters. The molecule has 2 heteroatoms. The molecule has 1 rings (SSSR count). The third-order valence-corrected chi connectivity index (χ3v) is 3.97. The summed E-state index contributed by atoms with van der Waals surface area (Å²) < 4.78 is 0. The maximum atomic E-state index is 5.88. The first-order valence-electron chi connectivity index (χ1n) is 5.96. The predicted molar refractivity (Wildman–Crippen MR) is 62.3 cm³/mol. The van der Waals surface area contributed by atoms with E-state index in [1.807, 2.05) is 0 Å². The molecule has 0 bridgehead atoms. The van der Waals surface area contributed by atoms with Crippen LogP contribution >= 0.6 is 0 Å². The lowest BCUT2D eigenvalue weighted by Crippen LogP contribution is -2.49. The predicted octanol–water partition coefficient (Wildman–Crippen LogP) is 2.24. The number of rotatable bonds is 4. The van der Waals surface area contributed by atoms with E-state index < -0.39 is 0 Å². The smallest absolute Gasteiger partial charge is 0.0300 e. The fourth-order valence-corrected chi connectivity index (χ4v) is 2.46. The molecule has 0 aromatic heterocycles. The lowest BCUT2D eigenvalue weighted by atomic mass is 9.79. The Labute approximate surface area is 88.8 Å². The fourth-order valence-electron chi connectivity index (χ4n) is 2.46. The van der Waals surface area contributed by atoms with Crippen molar-refractivity contribution in [2.75, 3.05) is 20.6 Å². The third-order valence-electron chi connectivity index (χ3n) is 3.97. The number of nitrogens with zero attached hydrogens (tertiary/aromatic N) is 1. The van der Waals surface area contributed by atoms with Gasteiger partial charge in [-0.3, -0.25) is 0 Å². The molecular formula is C12H26N2. The molecule has 1 unspecified atom stereocenters. The molecule has 1 fully saturated rings. The van der Waals surface area contributed by atoms with Crippen molar-refractivity contribution in [2.24, 2.45) is 11.7 Å². The van der Waals surface area contributed by atoms with Crippen LogP contribution in [0.3, 0.4) is 0 Å². The van der Waals surface area contributed by atoms with Crippen molar-refractivity contribution in [2.45, 2.75) is 51.0 Å². The quantitative estimate of drug-likeness (QED) is 0.750. The SMILES string of the molecule is CN(C)C(C)(CN)CC1CCCCC1. The van der Waals surface area contributed by atoms with E-state index in [4.69, 9.17) is 5.73 Å². The van der Waals surface area contributed by atoms with Crippen LogP contribution in [-0.4, -0.2) is 31.1 Å². The molecule has 2 N–H and O–H groups in total. The minimum Gasteiger partial charge on any atom is -0.329 e. The Morgan fingerprint density at radius 2 is 1.79 bits per heavy atom. The van der Waals surface area contributed by atoms with Crippen molar-refractivity contribution < 1.29 is 0 Å². The Morgan fingerprint density at radius 3 is 2.21 bits per heavy atom. The summed E-state index contributed by atoms with van der Waals surface area (Å²) in [6.07, 6.45) is 8.42. The van der Waals surface area contributed by atoms with Crippen LogP contribution in [0.2, 0.25) is 0 Å². The van der Waals surface area contributed by atoms with Crippen LogP contribution in [-0.2, 0) is 0 Å². The highest BCUT2D eigenvalue weighted by Gasteiger charge is 2.29. The second-order valence-corrected chi connectivity index (χ2v) is 5.30. The molecule has 1 saturated carbocycles. The van der Waals surface area contributed by atoms with Crippen LogP contribution in [0.25, 0.3) is 0 Å². The van der Waals surface area contributed by atoms with E-state index in [0.717, 1.165) is 12.5 Å². The van der Waals surface area contributed by atoms with Crippen molar-refractivity contribution in [1.82, 2.24) is 4.90 Å². The molecule has 0 heterocycles. The van der Waals surface area contributed by atoms with Crippen molar-refractivity contribution in [3.05, 3.63) is 0 Å². The highest BCUT2D eigenvalue weighted by atomic mass is 15.1. The van der Waals surface area contributed by atoms with E-state index in [-0.39, 0.29) is 5.54 Å². The highest BCUT2D eigenvalue weighted by molar-refractivity contribution is 4.87. The van der Waals surface area contributed by atoms with Gasteiger partial charge in [0.1, 0.15) is 0 Å². The second-order valence-electron chi connectivity index (χ2n) is 5.30. The Bertz CT molecular complexity index is 162. The van der Waals surface area contributed by atoms with E-state index in [2.05, 4.69) is 25.9 Å². The summed E-state index contributed by atoms with van der Waals surface area (Å²) in [5.41, 5.74) is 6.09. The second kappa shape index (κ2) is 5.13. The summed E-state index contributed by atoms with van der Waals surface area (Å²) in [5.74, 6) is 0.916. The zero-order valence-corrected chi connectivity index (χ0v) is 10.1. The van der Waals surface area contributed by atoms with Crippen LogP contribution < -0.4 is 5.73 Å². The number of hydrogen-bond acceptors (Lipinski definition) is 2. The monoisotopic (exact) mass is 198 g/mol. The molecule has 0 saturated heterocycles. The standard InChI is InChI=1S/C12H26N2/c1-12(10-13,14(2)3)9-11-7-5-4-6-8-11/h11H,4-10,13H2,1-3H3. The van der Waals surface area contributed by atoms with Crippen molar-refractivity contribution in [3.63, 3.8) is 0 Å². The highest BCUT2D eigenvalue weighted by Crippen LogP contribution is 2.31. The normalized spacial score (nSPS) is 23.8. The zero-order chi connectivity index (χ0) is 10.6. The average Bonchev–Trinajstić information content (AvgIpc) is 2.19. The van der Waals surface area contributed by atoms with Gasteiger partial charge < -0.3 is 10.6 Å². The van der Waals surface area contributed by atoms with Gasteiger partial charge in [-0.2, -0.15) is 0 Å². The molecule has 0 radical (unpaired) electrons. The van der Waals surface area contributed by atoms with Gasteiger partial charge in [0.15, 0.2) is 0 Å². The molecule has 0 amide bonds. The van der Waals surface area contributed by atoms with E-state index >= 15 is 0 Å². The van der Waals surface area contributed by atoms with E-state index in [9.17, 15) is 0 Å². The lowest BCUT2D eigenvalue weighted by molar-refractivity contribution is 0.129. The Kier molecular flexibility index (Phi) is 4.39. The molecular weight excluding hydrogens is 172 g/mol. The lowest BCUT2D eigenvalue weighted by Gasteiger charge is -2.39. The first-order valence-corrected chi connectivity index (χ1v) is 5.96. The molecule has 14 heavy (non-hydrogen) atoms. The topological polar surface area (TPSA) is 29.3 Å². The fraction of sp³-hybridized carbons (Fsp3) is 1.00. The summed E-state index contributed by atoms with van der Waals surface area (Å²) in [6, 6.07) is 0. The largest absolute Gasteiger partial charge is 0.329 e. The van der Waals surface area contributed by atoms with Gasteiger partial charge in [0.05, 0.1) is 0 Å².